The molecule has 10 heteroatoms. The molecule has 0 fully saturated rings. The number of nitriles is 1. The molecule has 3 aromatic rings. The van der Waals surface area contributed by atoms with Crippen LogP contribution in [0.1, 0.15) is 17.0 Å². The zero-order valence-electron chi connectivity index (χ0n) is 18.4. The summed E-state index contributed by atoms with van der Waals surface area (Å²) in [4.78, 5) is 12.5. The molecule has 0 aliphatic rings. The van der Waals surface area contributed by atoms with Gasteiger partial charge in [0.05, 0.1) is 12.3 Å². The molecule has 0 unspecified atom stereocenters. The quantitative estimate of drug-likeness (QED) is 0.284. The van der Waals surface area contributed by atoms with Crippen molar-refractivity contribution in [2.45, 2.75) is 20.4 Å². The Bertz CT molecular complexity index is 1120. The number of ether oxygens (including phenoxy) is 1. The van der Waals surface area contributed by atoms with Crippen molar-refractivity contribution in [3.05, 3.63) is 58.9 Å². The zero-order valence-corrected chi connectivity index (χ0v) is 18.4. The van der Waals surface area contributed by atoms with Crippen LogP contribution in [0, 0.1) is 25.2 Å². The van der Waals surface area contributed by atoms with Crippen LogP contribution in [0.25, 0.3) is 11.8 Å². The minimum Gasteiger partial charge on any atom is -0.383 e. The molecular weight excluding hydrogens is 408 g/mol. The molecule has 166 valence electrons. The smallest absolute Gasteiger partial charge is 0.262 e. The second kappa shape index (κ2) is 10.9. The van der Waals surface area contributed by atoms with Crippen LogP contribution in [0.15, 0.2) is 42.0 Å². The fraction of sp³-hybridized carbons (Fsp3) is 0.318. The fourth-order valence-electron chi connectivity index (χ4n) is 3.29. The molecule has 0 spiro atoms. The summed E-state index contributed by atoms with van der Waals surface area (Å²) >= 11 is 0. The first kappa shape index (κ1) is 22.7. The average Bonchev–Trinajstić information content (AvgIpc) is 3.38. The lowest BCUT2D eigenvalue weighted by Gasteiger charge is -2.09. The Labute approximate surface area is 186 Å². The maximum absolute atomic E-state index is 12.5. The molecule has 0 saturated heterocycles. The molecule has 10 nitrogen and oxygen atoms in total. The Morgan fingerprint density at radius 2 is 2.03 bits per heavy atom. The van der Waals surface area contributed by atoms with E-state index in [0.29, 0.717) is 32.2 Å². The van der Waals surface area contributed by atoms with E-state index < -0.39 is 5.91 Å². The molecule has 0 radical (unpaired) electrons. The van der Waals surface area contributed by atoms with E-state index in [1.165, 1.54) is 0 Å². The molecule has 3 rings (SSSR count). The predicted octanol–water partition coefficient (Wildman–Crippen LogP) is 1.86. The molecule has 32 heavy (non-hydrogen) atoms. The summed E-state index contributed by atoms with van der Waals surface area (Å²) < 4.78 is 8.82. The molecule has 0 saturated carbocycles. The Balaban J connectivity index is 1.58. The van der Waals surface area contributed by atoms with Crippen LogP contribution >= 0.6 is 0 Å². The first-order valence-corrected chi connectivity index (χ1v) is 10.2. The third kappa shape index (κ3) is 5.39. The first-order valence-electron chi connectivity index (χ1n) is 10.2. The van der Waals surface area contributed by atoms with Crippen molar-refractivity contribution in [2.24, 2.45) is 0 Å². The van der Waals surface area contributed by atoms with E-state index in [4.69, 9.17) is 4.74 Å². The van der Waals surface area contributed by atoms with Crippen LogP contribution in [0.2, 0.25) is 0 Å². The Morgan fingerprint density at radius 3 is 2.75 bits per heavy atom. The molecule has 2 heterocycles. The summed E-state index contributed by atoms with van der Waals surface area (Å²) in [7, 11) is 1.66. The summed E-state index contributed by atoms with van der Waals surface area (Å²) in [5, 5.41) is 26.9. The number of hydrogen-bond donors (Lipinski definition) is 2. The lowest BCUT2D eigenvalue weighted by atomic mass is 10.1. The van der Waals surface area contributed by atoms with Crippen LogP contribution < -0.4 is 10.6 Å². The summed E-state index contributed by atoms with van der Waals surface area (Å²) in [6, 6.07) is 13.4. The van der Waals surface area contributed by atoms with Crippen molar-refractivity contribution < 1.29 is 9.53 Å². The number of methoxy groups -OCH3 is 1. The van der Waals surface area contributed by atoms with Gasteiger partial charge < -0.3 is 19.9 Å². The van der Waals surface area contributed by atoms with Gasteiger partial charge in [0, 0.05) is 38.1 Å². The standard InChI is InChI=1S/C22H26N8O2/c1-16-13-18(17(2)29(16)11-12-32-3)14-19(15-23)21(31)24-9-10-25-22-26-27-28-30(22)20-7-5-4-6-8-20/h4-8,13-14H,9-12H2,1-3H3,(H,24,31)(H,25,26,28)/b19-14-. The van der Waals surface area contributed by atoms with Crippen molar-refractivity contribution in [3.8, 4) is 11.8 Å². The van der Waals surface area contributed by atoms with E-state index in [2.05, 4.69) is 30.7 Å². The summed E-state index contributed by atoms with van der Waals surface area (Å²) in [5.74, 6) is 0.0312. The third-order valence-electron chi connectivity index (χ3n) is 4.96. The highest BCUT2D eigenvalue weighted by molar-refractivity contribution is 6.01. The first-order chi connectivity index (χ1) is 15.5. The van der Waals surface area contributed by atoms with Gasteiger partial charge in [-0.1, -0.05) is 23.3 Å². The minimum atomic E-state index is -0.432. The van der Waals surface area contributed by atoms with Crippen LogP contribution in [0.3, 0.4) is 0 Å². The van der Waals surface area contributed by atoms with Crippen LogP contribution in [0.5, 0.6) is 0 Å². The number of nitrogens with zero attached hydrogens (tertiary/aromatic N) is 6. The number of rotatable bonds is 10. The number of aromatic nitrogens is 5. The summed E-state index contributed by atoms with van der Waals surface area (Å²) in [5.41, 5.74) is 3.73. The van der Waals surface area contributed by atoms with Crippen molar-refractivity contribution >= 4 is 17.9 Å². The van der Waals surface area contributed by atoms with Gasteiger partial charge in [0.2, 0.25) is 5.95 Å². The normalized spacial score (nSPS) is 11.2. The Kier molecular flexibility index (Phi) is 7.72. The number of anilines is 1. The molecule has 2 N–H and O–H groups in total. The van der Waals surface area contributed by atoms with E-state index in [1.807, 2.05) is 56.3 Å². The second-order valence-corrected chi connectivity index (χ2v) is 7.07. The van der Waals surface area contributed by atoms with E-state index in [9.17, 15) is 10.1 Å². The molecule has 2 aromatic heterocycles. The van der Waals surface area contributed by atoms with Gasteiger partial charge in [-0.25, -0.2) is 0 Å². The van der Waals surface area contributed by atoms with Crippen LogP contribution in [0.4, 0.5) is 5.95 Å². The Morgan fingerprint density at radius 1 is 1.25 bits per heavy atom. The fourth-order valence-corrected chi connectivity index (χ4v) is 3.29. The second-order valence-electron chi connectivity index (χ2n) is 7.07. The molecule has 0 aliphatic heterocycles. The number of hydrogen-bond acceptors (Lipinski definition) is 7. The molecule has 1 aromatic carbocycles. The van der Waals surface area contributed by atoms with Crippen molar-refractivity contribution in [1.29, 1.82) is 5.26 Å². The van der Waals surface area contributed by atoms with Crippen molar-refractivity contribution in [2.75, 3.05) is 32.1 Å². The van der Waals surface area contributed by atoms with Gasteiger partial charge in [0.1, 0.15) is 11.6 Å². The average molecular weight is 435 g/mol. The zero-order chi connectivity index (χ0) is 22.9. The number of amides is 1. The molecule has 0 aliphatic carbocycles. The van der Waals surface area contributed by atoms with E-state index in [-0.39, 0.29) is 5.57 Å². The number of tetrazole rings is 1. The SMILES string of the molecule is COCCn1c(C)cc(/C=C(/C#N)C(=O)NCCNc2nnnn2-c2ccccc2)c1C. The van der Waals surface area contributed by atoms with E-state index in [0.717, 1.165) is 22.6 Å². The number of benzene rings is 1. The van der Waals surface area contributed by atoms with Gasteiger partial charge in [-0.05, 0) is 54.1 Å². The van der Waals surface area contributed by atoms with Gasteiger partial charge in [0.25, 0.3) is 5.91 Å². The monoisotopic (exact) mass is 434 g/mol. The minimum absolute atomic E-state index is 0.0473. The lowest BCUT2D eigenvalue weighted by molar-refractivity contribution is -0.116. The van der Waals surface area contributed by atoms with Gasteiger partial charge in [-0.3, -0.25) is 4.79 Å². The third-order valence-corrected chi connectivity index (χ3v) is 4.96. The number of nitrogens with one attached hydrogen (secondary N) is 2. The van der Waals surface area contributed by atoms with Gasteiger partial charge in [-0.2, -0.15) is 9.94 Å². The van der Waals surface area contributed by atoms with E-state index in [1.54, 1.807) is 17.9 Å². The number of carbonyl (C=O) groups is 1. The summed E-state index contributed by atoms with van der Waals surface area (Å²) in [6.45, 7) is 5.94. The molecular formula is C22H26N8O2. The molecule has 0 atom stereocenters. The maximum atomic E-state index is 12.5. The largest absolute Gasteiger partial charge is 0.383 e. The van der Waals surface area contributed by atoms with Gasteiger partial charge in [0.15, 0.2) is 0 Å². The van der Waals surface area contributed by atoms with Gasteiger partial charge in [-0.15, -0.1) is 0 Å². The van der Waals surface area contributed by atoms with Crippen molar-refractivity contribution in [1.82, 2.24) is 30.1 Å². The predicted molar refractivity (Wildman–Crippen MR) is 120 cm³/mol. The highest BCUT2D eigenvalue weighted by atomic mass is 16.5. The number of aryl methyl sites for hydroxylation is 1. The topological polar surface area (TPSA) is 123 Å². The number of para-hydroxylation sites is 1. The molecule has 1 amide bonds. The Hall–Kier alpha value is -3.97. The summed E-state index contributed by atoms with van der Waals surface area (Å²) in [6.07, 6.45) is 1.62. The van der Waals surface area contributed by atoms with Gasteiger partial charge >= 0.3 is 0 Å². The highest BCUT2D eigenvalue weighted by Crippen LogP contribution is 2.18. The molecule has 0 bridgehead atoms. The highest BCUT2D eigenvalue weighted by Gasteiger charge is 2.13. The maximum Gasteiger partial charge on any atom is 0.262 e. The van der Waals surface area contributed by atoms with Crippen molar-refractivity contribution in [3.63, 3.8) is 0 Å². The lowest BCUT2D eigenvalue weighted by Crippen LogP contribution is -2.30. The number of carbonyl (C=O) groups excluding carboxylic acids is 1. The van der Waals surface area contributed by atoms with Crippen LogP contribution in [-0.2, 0) is 16.1 Å². The van der Waals surface area contributed by atoms with Crippen LogP contribution in [-0.4, -0.2) is 57.5 Å². The van der Waals surface area contributed by atoms with E-state index >= 15 is 0 Å².